The number of benzene rings is 2. The topological polar surface area (TPSA) is 0 Å². The highest BCUT2D eigenvalue weighted by Gasteiger charge is 2.30. The lowest BCUT2D eigenvalue weighted by Gasteiger charge is -2.11. The molecule has 0 nitrogen and oxygen atoms in total. The minimum Gasteiger partial charge on any atom is -0.207 e. The van der Waals surface area contributed by atoms with E-state index in [2.05, 4.69) is 0 Å². The Morgan fingerprint density at radius 3 is 2.26 bits per heavy atom. The molecule has 5 heteroatoms. The predicted octanol–water partition coefficient (Wildman–Crippen LogP) is 5.09. The summed E-state index contributed by atoms with van der Waals surface area (Å²) < 4.78 is 51.3. The molecule has 0 amide bonds. The molecule has 0 saturated heterocycles. The molecule has 0 aliphatic carbocycles. The Morgan fingerprint density at radius 1 is 0.947 bits per heavy atom. The highest BCUT2D eigenvalue weighted by molar-refractivity contribution is 6.31. The summed E-state index contributed by atoms with van der Waals surface area (Å²) in [6.07, 6.45) is -4.41. The van der Waals surface area contributed by atoms with Gasteiger partial charge in [-0.05, 0) is 35.4 Å². The van der Waals surface area contributed by atoms with E-state index in [0.717, 1.165) is 12.1 Å². The van der Waals surface area contributed by atoms with Crippen LogP contribution in [0.25, 0.3) is 0 Å². The van der Waals surface area contributed by atoms with Crippen LogP contribution < -0.4 is 0 Å². The molecular weight excluding hydrogens is 280 g/mol. The number of hydrogen-bond acceptors (Lipinski definition) is 0. The van der Waals surface area contributed by atoms with Gasteiger partial charge in [-0.3, -0.25) is 0 Å². The van der Waals surface area contributed by atoms with Crippen LogP contribution in [0.4, 0.5) is 17.6 Å². The van der Waals surface area contributed by atoms with Gasteiger partial charge in [0.25, 0.3) is 0 Å². The van der Waals surface area contributed by atoms with Gasteiger partial charge in [0.1, 0.15) is 5.82 Å². The zero-order valence-corrected chi connectivity index (χ0v) is 10.4. The van der Waals surface area contributed by atoms with Crippen molar-refractivity contribution in [3.63, 3.8) is 0 Å². The van der Waals surface area contributed by atoms with Crippen LogP contribution >= 0.6 is 11.6 Å². The Hall–Kier alpha value is -1.55. The van der Waals surface area contributed by atoms with Crippen molar-refractivity contribution in [3.8, 4) is 0 Å². The molecule has 0 N–H and O–H groups in total. The van der Waals surface area contributed by atoms with E-state index in [4.69, 9.17) is 11.6 Å². The van der Waals surface area contributed by atoms with Gasteiger partial charge in [-0.15, -0.1) is 0 Å². The van der Waals surface area contributed by atoms with Gasteiger partial charge in [-0.2, -0.15) is 13.2 Å². The molecular formula is C14H9ClF4. The zero-order chi connectivity index (χ0) is 14.0. The van der Waals surface area contributed by atoms with E-state index in [-0.39, 0.29) is 17.0 Å². The van der Waals surface area contributed by atoms with Crippen LogP contribution in [0.5, 0.6) is 0 Å². The summed E-state index contributed by atoms with van der Waals surface area (Å²) in [5.41, 5.74) is -0.228. The first-order valence-electron chi connectivity index (χ1n) is 5.47. The molecule has 0 heterocycles. The normalized spacial score (nSPS) is 11.6. The SMILES string of the molecule is Fc1ccccc1Cc1cc(C(F)(F)F)ccc1Cl. The molecule has 0 aromatic heterocycles. The first kappa shape index (κ1) is 13.9. The lowest BCUT2D eigenvalue weighted by Crippen LogP contribution is -2.06. The van der Waals surface area contributed by atoms with Crippen molar-refractivity contribution in [1.82, 2.24) is 0 Å². The van der Waals surface area contributed by atoms with Gasteiger partial charge in [0.05, 0.1) is 5.56 Å². The summed E-state index contributed by atoms with van der Waals surface area (Å²) in [4.78, 5) is 0. The number of alkyl halides is 3. The number of halogens is 5. The molecule has 0 spiro atoms. The van der Waals surface area contributed by atoms with Crippen molar-refractivity contribution in [1.29, 1.82) is 0 Å². The molecule has 0 aliphatic heterocycles. The lowest BCUT2D eigenvalue weighted by atomic mass is 10.0. The maximum Gasteiger partial charge on any atom is 0.416 e. The summed E-state index contributed by atoms with van der Waals surface area (Å²) in [5, 5.41) is 0.191. The van der Waals surface area contributed by atoms with E-state index in [1.807, 2.05) is 0 Å². The smallest absolute Gasteiger partial charge is 0.207 e. The highest BCUT2D eigenvalue weighted by atomic mass is 35.5. The molecule has 2 aromatic carbocycles. The fourth-order valence-corrected chi connectivity index (χ4v) is 1.92. The van der Waals surface area contributed by atoms with Crippen LogP contribution in [0.15, 0.2) is 42.5 Å². The van der Waals surface area contributed by atoms with Gasteiger partial charge >= 0.3 is 6.18 Å². The van der Waals surface area contributed by atoms with Crippen LogP contribution in [0.1, 0.15) is 16.7 Å². The van der Waals surface area contributed by atoms with Crippen LogP contribution in [-0.4, -0.2) is 0 Å². The van der Waals surface area contributed by atoms with Gasteiger partial charge in [0.15, 0.2) is 0 Å². The molecule has 2 aromatic rings. The molecule has 0 atom stereocenters. The molecule has 2 rings (SSSR count). The summed E-state index contributed by atoms with van der Waals surface area (Å²) in [6.45, 7) is 0. The van der Waals surface area contributed by atoms with Gasteiger partial charge in [0, 0.05) is 11.4 Å². The highest BCUT2D eigenvalue weighted by Crippen LogP contribution is 2.32. The third-order valence-corrected chi connectivity index (χ3v) is 3.08. The van der Waals surface area contributed by atoms with Gasteiger partial charge in [0.2, 0.25) is 0 Å². The van der Waals surface area contributed by atoms with Crippen molar-refractivity contribution < 1.29 is 17.6 Å². The van der Waals surface area contributed by atoms with Crippen LogP contribution in [0.3, 0.4) is 0 Å². The Bertz CT molecular complexity index is 590. The van der Waals surface area contributed by atoms with Crippen LogP contribution in [-0.2, 0) is 12.6 Å². The Labute approximate surface area is 112 Å². The Morgan fingerprint density at radius 2 is 1.63 bits per heavy atom. The van der Waals surface area contributed by atoms with E-state index in [9.17, 15) is 17.6 Å². The van der Waals surface area contributed by atoms with E-state index in [1.54, 1.807) is 6.07 Å². The van der Waals surface area contributed by atoms with Gasteiger partial charge in [-0.1, -0.05) is 29.8 Å². The van der Waals surface area contributed by atoms with Crippen molar-refractivity contribution in [2.24, 2.45) is 0 Å². The summed E-state index contributed by atoms with van der Waals surface area (Å²) in [6, 6.07) is 8.97. The summed E-state index contributed by atoms with van der Waals surface area (Å²) in [5.74, 6) is -0.462. The second-order valence-corrected chi connectivity index (χ2v) is 4.48. The van der Waals surface area contributed by atoms with E-state index in [0.29, 0.717) is 5.56 Å². The first-order valence-corrected chi connectivity index (χ1v) is 5.85. The van der Waals surface area contributed by atoms with E-state index in [1.165, 1.54) is 24.3 Å². The lowest BCUT2D eigenvalue weighted by molar-refractivity contribution is -0.137. The fraction of sp³-hybridized carbons (Fsp3) is 0.143. The fourth-order valence-electron chi connectivity index (χ4n) is 1.73. The second-order valence-electron chi connectivity index (χ2n) is 4.07. The average molecular weight is 289 g/mol. The average Bonchev–Trinajstić information content (AvgIpc) is 2.33. The third-order valence-electron chi connectivity index (χ3n) is 2.71. The molecule has 0 radical (unpaired) electrons. The monoisotopic (exact) mass is 288 g/mol. The van der Waals surface area contributed by atoms with Gasteiger partial charge in [-0.25, -0.2) is 4.39 Å². The van der Waals surface area contributed by atoms with Gasteiger partial charge < -0.3 is 0 Å². The van der Waals surface area contributed by atoms with Crippen LogP contribution in [0.2, 0.25) is 5.02 Å². The van der Waals surface area contributed by atoms with E-state index >= 15 is 0 Å². The molecule has 0 bridgehead atoms. The first-order chi connectivity index (χ1) is 8.88. The maximum atomic E-state index is 13.5. The van der Waals surface area contributed by atoms with Crippen molar-refractivity contribution >= 4 is 11.6 Å². The Balaban J connectivity index is 2.38. The zero-order valence-electron chi connectivity index (χ0n) is 9.64. The van der Waals surface area contributed by atoms with Crippen molar-refractivity contribution in [2.45, 2.75) is 12.6 Å². The Kier molecular flexibility index (Phi) is 3.80. The molecule has 0 fully saturated rings. The van der Waals surface area contributed by atoms with Crippen molar-refractivity contribution in [2.75, 3.05) is 0 Å². The largest absolute Gasteiger partial charge is 0.416 e. The minimum absolute atomic E-state index is 0.0232. The maximum absolute atomic E-state index is 13.5. The van der Waals surface area contributed by atoms with Crippen molar-refractivity contribution in [3.05, 3.63) is 70.0 Å². The standard InChI is InChI=1S/C14H9ClF4/c15-12-6-5-11(14(17,18)19)8-10(12)7-9-3-1-2-4-13(9)16/h1-6,8H,7H2. The molecule has 0 aliphatic rings. The van der Waals surface area contributed by atoms with Crippen LogP contribution in [0, 0.1) is 5.82 Å². The molecule has 19 heavy (non-hydrogen) atoms. The summed E-state index contributed by atoms with van der Waals surface area (Å²) in [7, 11) is 0. The number of rotatable bonds is 2. The quantitative estimate of drug-likeness (QED) is 0.675. The summed E-state index contributed by atoms with van der Waals surface area (Å²) >= 11 is 5.86. The molecule has 0 unspecified atom stereocenters. The molecule has 0 saturated carbocycles. The molecule has 100 valence electrons. The van der Waals surface area contributed by atoms with E-state index < -0.39 is 17.6 Å². The minimum atomic E-state index is -4.44. The second kappa shape index (κ2) is 5.21. The predicted molar refractivity (Wildman–Crippen MR) is 65.7 cm³/mol. The number of hydrogen-bond donors (Lipinski definition) is 0. The third kappa shape index (κ3) is 3.26.